The molecular formula is C48H33NO. The van der Waals surface area contributed by atoms with Gasteiger partial charge in [0.2, 0.25) is 0 Å². The lowest BCUT2D eigenvalue weighted by Gasteiger charge is -2.30. The van der Waals surface area contributed by atoms with Crippen LogP contribution in [-0.2, 0) is 0 Å². The zero-order chi connectivity index (χ0) is 33.3. The maximum absolute atomic E-state index is 6.74. The predicted molar refractivity (Wildman–Crippen MR) is 210 cm³/mol. The van der Waals surface area contributed by atoms with Crippen LogP contribution in [0, 0.1) is 0 Å². The maximum Gasteiger partial charge on any atom is 0.159 e. The van der Waals surface area contributed by atoms with E-state index >= 15 is 0 Å². The standard InChI is InChI=1S/C48H33NO/c1-3-18-34(19-4-1)36-22-7-9-24-38(36)40-26-11-14-30-44(40)49(46-32-17-29-43-42-28-13-16-33-47(42)50-48(43)46)45-31-15-12-27-41(45)39-25-10-8-23-37(39)35-20-5-2-6-21-35/h1-33H. The highest BCUT2D eigenvalue weighted by Crippen LogP contribution is 2.49. The van der Waals surface area contributed by atoms with E-state index in [0.717, 1.165) is 50.1 Å². The van der Waals surface area contributed by atoms with Crippen molar-refractivity contribution in [2.24, 2.45) is 0 Å². The van der Waals surface area contributed by atoms with E-state index in [9.17, 15) is 0 Å². The van der Waals surface area contributed by atoms with Crippen molar-refractivity contribution < 1.29 is 4.42 Å². The summed E-state index contributed by atoms with van der Waals surface area (Å²) < 4.78 is 6.74. The molecule has 0 atom stereocenters. The molecule has 50 heavy (non-hydrogen) atoms. The van der Waals surface area contributed by atoms with E-state index in [1.165, 1.54) is 33.4 Å². The van der Waals surface area contributed by atoms with E-state index in [0.29, 0.717) is 0 Å². The number of para-hydroxylation sites is 4. The minimum atomic E-state index is 0.853. The van der Waals surface area contributed by atoms with Crippen molar-refractivity contribution >= 4 is 39.0 Å². The molecule has 0 amide bonds. The second-order valence-corrected chi connectivity index (χ2v) is 12.4. The minimum Gasteiger partial charge on any atom is -0.454 e. The van der Waals surface area contributed by atoms with Crippen molar-refractivity contribution in [3.05, 3.63) is 200 Å². The van der Waals surface area contributed by atoms with Crippen LogP contribution < -0.4 is 4.90 Å². The molecule has 0 aliphatic rings. The Labute approximate surface area is 292 Å². The van der Waals surface area contributed by atoms with Crippen molar-refractivity contribution in [1.82, 2.24) is 0 Å². The summed E-state index contributed by atoms with van der Waals surface area (Å²) >= 11 is 0. The molecule has 2 heteroatoms. The van der Waals surface area contributed by atoms with Crippen LogP contribution in [0.3, 0.4) is 0 Å². The van der Waals surface area contributed by atoms with Crippen LogP contribution in [0.25, 0.3) is 66.4 Å². The zero-order valence-electron chi connectivity index (χ0n) is 27.4. The molecular weight excluding hydrogens is 607 g/mol. The fourth-order valence-corrected chi connectivity index (χ4v) is 7.27. The van der Waals surface area contributed by atoms with E-state index < -0.39 is 0 Å². The molecule has 2 nitrogen and oxygen atoms in total. The van der Waals surface area contributed by atoms with Gasteiger partial charge in [0.25, 0.3) is 0 Å². The summed E-state index contributed by atoms with van der Waals surface area (Å²) in [7, 11) is 0. The normalized spacial score (nSPS) is 11.2. The fraction of sp³-hybridized carbons (Fsp3) is 0. The van der Waals surface area contributed by atoms with Crippen LogP contribution in [0.2, 0.25) is 0 Å². The van der Waals surface area contributed by atoms with Gasteiger partial charge in [0, 0.05) is 21.9 Å². The molecule has 236 valence electrons. The first-order valence-electron chi connectivity index (χ1n) is 17.0. The lowest BCUT2D eigenvalue weighted by atomic mass is 9.91. The Balaban J connectivity index is 1.35. The minimum absolute atomic E-state index is 0.853. The average Bonchev–Trinajstić information content (AvgIpc) is 3.59. The highest BCUT2D eigenvalue weighted by molar-refractivity contribution is 6.11. The molecule has 0 radical (unpaired) electrons. The molecule has 0 unspecified atom stereocenters. The van der Waals surface area contributed by atoms with Gasteiger partial charge < -0.3 is 9.32 Å². The van der Waals surface area contributed by atoms with Gasteiger partial charge >= 0.3 is 0 Å². The van der Waals surface area contributed by atoms with Crippen molar-refractivity contribution in [2.75, 3.05) is 4.90 Å². The molecule has 9 rings (SSSR count). The first kappa shape index (κ1) is 29.5. The van der Waals surface area contributed by atoms with Crippen LogP contribution in [0.1, 0.15) is 0 Å². The second-order valence-electron chi connectivity index (χ2n) is 12.4. The number of fused-ring (bicyclic) bond motifs is 3. The number of hydrogen-bond acceptors (Lipinski definition) is 2. The van der Waals surface area contributed by atoms with Crippen LogP contribution in [-0.4, -0.2) is 0 Å². The van der Waals surface area contributed by atoms with E-state index in [-0.39, 0.29) is 0 Å². The number of furan rings is 1. The summed E-state index contributed by atoms with van der Waals surface area (Å²) in [6.07, 6.45) is 0. The highest BCUT2D eigenvalue weighted by atomic mass is 16.3. The largest absolute Gasteiger partial charge is 0.454 e. The molecule has 0 saturated carbocycles. The van der Waals surface area contributed by atoms with Crippen molar-refractivity contribution in [1.29, 1.82) is 0 Å². The van der Waals surface area contributed by atoms with Crippen molar-refractivity contribution in [3.63, 3.8) is 0 Å². The quantitative estimate of drug-likeness (QED) is 0.173. The van der Waals surface area contributed by atoms with Crippen LogP contribution in [0.4, 0.5) is 17.1 Å². The number of rotatable bonds is 7. The maximum atomic E-state index is 6.74. The molecule has 1 heterocycles. The van der Waals surface area contributed by atoms with Crippen molar-refractivity contribution in [3.8, 4) is 44.5 Å². The lowest BCUT2D eigenvalue weighted by molar-refractivity contribution is 0.669. The Morgan fingerprint density at radius 1 is 0.280 bits per heavy atom. The van der Waals surface area contributed by atoms with E-state index in [1.54, 1.807) is 0 Å². The number of anilines is 3. The molecule has 8 aromatic carbocycles. The number of hydrogen-bond donors (Lipinski definition) is 0. The molecule has 0 aliphatic heterocycles. The Morgan fingerprint density at radius 3 is 1.24 bits per heavy atom. The van der Waals surface area contributed by atoms with E-state index in [2.05, 4.69) is 199 Å². The summed E-state index contributed by atoms with van der Waals surface area (Å²) in [4.78, 5) is 2.40. The lowest BCUT2D eigenvalue weighted by Crippen LogP contribution is -2.13. The zero-order valence-corrected chi connectivity index (χ0v) is 27.4. The van der Waals surface area contributed by atoms with Gasteiger partial charge in [-0.2, -0.15) is 0 Å². The fourth-order valence-electron chi connectivity index (χ4n) is 7.27. The molecule has 0 aliphatic carbocycles. The first-order valence-corrected chi connectivity index (χ1v) is 17.0. The Hall–Kier alpha value is -6.64. The van der Waals surface area contributed by atoms with Gasteiger partial charge in [-0.3, -0.25) is 0 Å². The smallest absolute Gasteiger partial charge is 0.159 e. The first-order chi connectivity index (χ1) is 24.8. The summed E-state index contributed by atoms with van der Waals surface area (Å²) in [6, 6.07) is 71.0. The van der Waals surface area contributed by atoms with Gasteiger partial charge in [-0.05, 0) is 57.6 Å². The average molecular weight is 640 g/mol. The van der Waals surface area contributed by atoms with Gasteiger partial charge in [-0.15, -0.1) is 0 Å². The van der Waals surface area contributed by atoms with Gasteiger partial charge in [-0.1, -0.05) is 176 Å². The molecule has 0 N–H and O–H groups in total. The Kier molecular flexibility index (Phi) is 7.53. The molecule has 1 aromatic heterocycles. The number of nitrogens with zero attached hydrogens (tertiary/aromatic N) is 1. The van der Waals surface area contributed by atoms with Crippen LogP contribution in [0.15, 0.2) is 205 Å². The van der Waals surface area contributed by atoms with E-state index in [1.807, 2.05) is 6.07 Å². The Bertz CT molecular complexity index is 2470. The molecule has 0 spiro atoms. The summed E-state index contributed by atoms with van der Waals surface area (Å²) in [6.45, 7) is 0. The Morgan fingerprint density at radius 2 is 0.680 bits per heavy atom. The van der Waals surface area contributed by atoms with E-state index in [4.69, 9.17) is 4.42 Å². The van der Waals surface area contributed by atoms with Crippen LogP contribution >= 0.6 is 0 Å². The SMILES string of the molecule is c1ccc(-c2ccccc2-c2ccccc2N(c2ccccc2-c2ccccc2-c2ccccc2)c2cccc3c2oc2ccccc23)cc1. The molecule has 0 saturated heterocycles. The third kappa shape index (κ3) is 5.15. The number of benzene rings is 8. The topological polar surface area (TPSA) is 16.4 Å². The summed E-state index contributed by atoms with van der Waals surface area (Å²) in [5.41, 5.74) is 14.2. The van der Waals surface area contributed by atoms with Gasteiger partial charge in [0.05, 0.1) is 17.1 Å². The predicted octanol–water partition coefficient (Wildman–Crippen LogP) is 13.7. The monoisotopic (exact) mass is 639 g/mol. The summed E-state index contributed by atoms with van der Waals surface area (Å²) in [5, 5.41) is 2.20. The van der Waals surface area contributed by atoms with Gasteiger partial charge in [0.15, 0.2) is 5.58 Å². The van der Waals surface area contributed by atoms with Crippen LogP contribution in [0.5, 0.6) is 0 Å². The summed E-state index contributed by atoms with van der Waals surface area (Å²) in [5.74, 6) is 0. The third-order valence-electron chi connectivity index (χ3n) is 9.52. The molecule has 0 bridgehead atoms. The van der Waals surface area contributed by atoms with Gasteiger partial charge in [-0.25, -0.2) is 0 Å². The molecule has 9 aromatic rings. The van der Waals surface area contributed by atoms with Crippen molar-refractivity contribution in [2.45, 2.75) is 0 Å². The van der Waals surface area contributed by atoms with Gasteiger partial charge in [0.1, 0.15) is 5.58 Å². The third-order valence-corrected chi connectivity index (χ3v) is 9.52. The highest BCUT2D eigenvalue weighted by Gasteiger charge is 2.25. The second kappa shape index (κ2) is 12.8. The molecule has 0 fully saturated rings.